The molecule has 0 saturated heterocycles. The van der Waals surface area contributed by atoms with Crippen molar-refractivity contribution in [2.75, 3.05) is 19.5 Å². The number of carbonyl (C=O) groups excluding carboxylic acids is 2. The number of carboxylic acid groups (broad SMARTS) is 1. The molecule has 0 fully saturated rings. The summed E-state index contributed by atoms with van der Waals surface area (Å²) in [4.78, 5) is 31.5. The zero-order valence-electron chi connectivity index (χ0n) is 17.7. The van der Waals surface area contributed by atoms with Crippen LogP contribution in [0.2, 0.25) is 0 Å². The highest BCUT2D eigenvalue weighted by molar-refractivity contribution is 7.13. The molecule has 0 spiro atoms. The molecule has 0 aromatic heterocycles. The zero-order valence-corrected chi connectivity index (χ0v) is 18.9. The van der Waals surface area contributed by atoms with Crippen LogP contribution < -0.4 is 5.32 Å². The minimum Gasteiger partial charge on any atom is -0.481 e. The number of anilines is 1. The van der Waals surface area contributed by atoms with Crippen molar-refractivity contribution < 1.29 is 24.2 Å². The van der Waals surface area contributed by atoms with Gasteiger partial charge >= 0.3 is 5.97 Å². The third-order valence-corrected chi connectivity index (χ3v) is 3.03. The van der Waals surface area contributed by atoms with Crippen LogP contribution in [-0.4, -0.2) is 47.8 Å². The molecule has 1 amide bonds. The van der Waals surface area contributed by atoms with Crippen molar-refractivity contribution in [1.29, 1.82) is 0 Å². The maximum absolute atomic E-state index is 11.6. The average Bonchev–Trinajstić information content (AvgIpc) is 2.62. The summed E-state index contributed by atoms with van der Waals surface area (Å²) in [6, 6.07) is 7.05. The lowest BCUT2D eigenvalue weighted by atomic mass is 10.1. The first-order valence-corrected chi connectivity index (χ1v) is 9.30. The van der Waals surface area contributed by atoms with Crippen LogP contribution in [-0.2, 0) is 25.5 Å². The average molecular weight is 402 g/mol. The maximum Gasteiger partial charge on any atom is 0.323 e. The van der Waals surface area contributed by atoms with Crippen LogP contribution in [0, 0.1) is 0 Å². The number of nitrogens with zero attached hydrogens (tertiary/aromatic N) is 1. The number of methoxy groups -OCH3 is 1. The van der Waals surface area contributed by atoms with Gasteiger partial charge in [-0.25, -0.2) is 0 Å². The molecule has 156 valence electrons. The number of amides is 1. The van der Waals surface area contributed by atoms with Crippen molar-refractivity contribution in [2.45, 2.75) is 54.0 Å². The number of rotatable bonds is 5. The van der Waals surface area contributed by atoms with E-state index in [0.717, 1.165) is 18.2 Å². The normalized spacial score (nSPS) is 9.85. The second-order valence-corrected chi connectivity index (χ2v) is 5.62. The Labute approximate surface area is 165 Å². The molecule has 1 rings (SSSR count). The van der Waals surface area contributed by atoms with Gasteiger partial charge in [-0.15, -0.1) is 0 Å². The lowest BCUT2D eigenvalue weighted by Gasteiger charge is -2.21. The number of benzene rings is 1. The van der Waals surface area contributed by atoms with E-state index in [-0.39, 0.29) is 17.9 Å². The predicted octanol–water partition coefficient (Wildman–Crippen LogP) is 3.59. The molecule has 1 aromatic carbocycles. The van der Waals surface area contributed by atoms with Crippen molar-refractivity contribution in [3.8, 4) is 0 Å². The van der Waals surface area contributed by atoms with Gasteiger partial charge in [0.05, 0.1) is 7.11 Å². The van der Waals surface area contributed by atoms with Crippen molar-refractivity contribution in [3.05, 3.63) is 29.8 Å². The van der Waals surface area contributed by atoms with E-state index < -0.39 is 5.97 Å². The van der Waals surface area contributed by atoms with E-state index in [4.69, 9.17) is 14.6 Å². The molecule has 0 aliphatic rings. The van der Waals surface area contributed by atoms with E-state index in [0.29, 0.717) is 6.42 Å². The number of nitrogens with one attached hydrogen (secondary N) is 1. The summed E-state index contributed by atoms with van der Waals surface area (Å²) in [5.74, 6) is -1.21. The fraction of sp³-hybridized carbons (Fsp3) is 0.526. The number of ether oxygens (including phenoxy) is 1. The highest BCUT2D eigenvalue weighted by Gasteiger charge is 2.21. The van der Waals surface area contributed by atoms with Crippen molar-refractivity contribution >= 4 is 32.9 Å². The van der Waals surface area contributed by atoms with Gasteiger partial charge in [-0.2, -0.15) is 0 Å². The Morgan fingerprint density at radius 1 is 1.11 bits per heavy atom. The van der Waals surface area contributed by atoms with Crippen LogP contribution >= 0.6 is 9.39 Å². The first-order valence-electron chi connectivity index (χ1n) is 8.78. The standard InChI is InChI=1S/C13H19N2O3P.C2H4O2.2C2H6/c1-9(16)14-11-6-4-10(5-7-11)8-12(15(2)19)13(17)18-3;1-2(3)4;2*1-2/h4-7,12H,8,19H2,1-3H3,(H,14,16);1H3,(H,3,4);2*1-2H3/t12-;;;/m0.../s1. The van der Waals surface area contributed by atoms with Gasteiger partial charge in [0.2, 0.25) is 5.91 Å². The minimum absolute atomic E-state index is 0.107. The Hall–Kier alpha value is -1.98. The summed E-state index contributed by atoms with van der Waals surface area (Å²) in [5, 5.41) is 10.1. The third kappa shape index (κ3) is 17.2. The monoisotopic (exact) mass is 402 g/mol. The number of hydrogen-bond donors (Lipinski definition) is 2. The molecule has 0 aliphatic heterocycles. The molecule has 2 N–H and O–H groups in total. The fourth-order valence-electron chi connectivity index (χ4n) is 1.68. The highest BCUT2D eigenvalue weighted by atomic mass is 31.0. The number of hydrogen-bond acceptors (Lipinski definition) is 5. The second kappa shape index (κ2) is 18.8. The molecular weight excluding hydrogens is 367 g/mol. The molecule has 1 aromatic rings. The Bertz CT molecular complexity index is 529. The molecule has 0 heterocycles. The van der Waals surface area contributed by atoms with Gasteiger partial charge in [0.15, 0.2) is 0 Å². The van der Waals surface area contributed by atoms with Gasteiger partial charge in [0.1, 0.15) is 6.04 Å². The van der Waals surface area contributed by atoms with E-state index >= 15 is 0 Å². The lowest BCUT2D eigenvalue weighted by molar-refractivity contribution is -0.144. The molecule has 0 radical (unpaired) electrons. The largest absolute Gasteiger partial charge is 0.481 e. The SMILES string of the molecule is CC.CC.CC(=O)O.COC(=O)[C@H](Cc1ccc(NC(C)=O)cc1)N(C)P. The van der Waals surface area contributed by atoms with Crippen LogP contribution in [0.1, 0.15) is 47.1 Å². The smallest absolute Gasteiger partial charge is 0.323 e. The van der Waals surface area contributed by atoms with Crippen LogP contribution in [0.25, 0.3) is 0 Å². The molecule has 0 bridgehead atoms. The van der Waals surface area contributed by atoms with Crippen molar-refractivity contribution in [1.82, 2.24) is 4.67 Å². The summed E-state index contributed by atoms with van der Waals surface area (Å²) in [6.07, 6.45) is 0.549. The summed E-state index contributed by atoms with van der Waals surface area (Å²) in [5.41, 5.74) is 1.74. The number of likely N-dealkylation sites (N-methyl/N-ethyl adjacent to an activating group) is 1. The minimum atomic E-state index is -0.833. The van der Waals surface area contributed by atoms with Gasteiger partial charge < -0.3 is 15.2 Å². The first-order chi connectivity index (χ1) is 12.7. The van der Waals surface area contributed by atoms with E-state index in [1.165, 1.54) is 14.0 Å². The zero-order chi connectivity index (χ0) is 22.0. The predicted molar refractivity (Wildman–Crippen MR) is 114 cm³/mol. The van der Waals surface area contributed by atoms with Gasteiger partial charge in [-0.1, -0.05) is 49.2 Å². The summed E-state index contributed by atoms with van der Waals surface area (Å²) >= 11 is 0. The van der Waals surface area contributed by atoms with Gasteiger partial charge in [-0.05, 0) is 31.2 Å². The number of esters is 1. The van der Waals surface area contributed by atoms with Crippen LogP contribution in [0.5, 0.6) is 0 Å². The van der Waals surface area contributed by atoms with E-state index in [1.807, 2.05) is 52.0 Å². The number of carboxylic acids is 1. The second-order valence-electron chi connectivity index (χ2n) is 4.81. The quantitative estimate of drug-likeness (QED) is 0.577. The fourth-order valence-corrected chi connectivity index (χ4v) is 1.91. The maximum atomic E-state index is 11.6. The Balaban J connectivity index is -0.000000621. The topological polar surface area (TPSA) is 95.9 Å². The highest BCUT2D eigenvalue weighted by Crippen LogP contribution is 2.15. The van der Waals surface area contributed by atoms with E-state index in [2.05, 4.69) is 14.7 Å². The van der Waals surface area contributed by atoms with Crippen LogP contribution in [0.3, 0.4) is 0 Å². The molecule has 2 atom stereocenters. The van der Waals surface area contributed by atoms with E-state index in [9.17, 15) is 9.59 Å². The summed E-state index contributed by atoms with van der Waals surface area (Å²) in [6.45, 7) is 10.5. The Morgan fingerprint density at radius 2 is 1.52 bits per heavy atom. The Kier molecular flexibility index (Phi) is 20.7. The molecule has 0 aliphatic carbocycles. The molecule has 0 saturated carbocycles. The van der Waals surface area contributed by atoms with Crippen molar-refractivity contribution in [3.63, 3.8) is 0 Å². The summed E-state index contributed by atoms with van der Waals surface area (Å²) in [7, 11) is 5.65. The molecule has 8 heteroatoms. The van der Waals surface area contributed by atoms with Crippen molar-refractivity contribution in [2.24, 2.45) is 0 Å². The Morgan fingerprint density at radius 3 is 1.81 bits per heavy atom. The van der Waals surface area contributed by atoms with E-state index in [1.54, 1.807) is 11.7 Å². The summed E-state index contributed by atoms with van der Waals surface area (Å²) < 4.78 is 6.51. The molecular formula is C19H35N2O5P. The first kappa shape index (κ1) is 29.8. The van der Waals surface area contributed by atoms with Crippen LogP contribution in [0.4, 0.5) is 5.69 Å². The van der Waals surface area contributed by atoms with Gasteiger partial charge in [0.25, 0.3) is 5.97 Å². The van der Waals surface area contributed by atoms with Crippen LogP contribution in [0.15, 0.2) is 24.3 Å². The number of aliphatic carboxylic acids is 1. The van der Waals surface area contributed by atoms with Gasteiger partial charge in [-0.3, -0.25) is 19.1 Å². The molecule has 1 unspecified atom stereocenters. The molecule has 27 heavy (non-hydrogen) atoms. The number of carbonyl (C=O) groups is 3. The lowest BCUT2D eigenvalue weighted by Crippen LogP contribution is -2.35. The third-order valence-electron chi connectivity index (χ3n) is 2.67. The van der Waals surface area contributed by atoms with Gasteiger partial charge in [0, 0.05) is 19.5 Å². The molecule has 7 nitrogen and oxygen atoms in total.